The highest BCUT2D eigenvalue weighted by atomic mass is 15.5. The molecule has 0 spiro atoms. The van der Waals surface area contributed by atoms with E-state index in [0.717, 1.165) is 24.4 Å². The third kappa shape index (κ3) is 2.61. The van der Waals surface area contributed by atoms with Crippen LogP contribution in [0.25, 0.3) is 11.4 Å². The Morgan fingerprint density at radius 2 is 2.06 bits per heavy atom. The number of nitrogens with two attached hydrogens (primary N) is 1. The summed E-state index contributed by atoms with van der Waals surface area (Å²) in [6, 6.07) is 7.65. The van der Waals surface area contributed by atoms with Crippen molar-refractivity contribution in [2.24, 2.45) is 0 Å². The molecule has 1 aromatic carbocycles. The summed E-state index contributed by atoms with van der Waals surface area (Å²) < 4.78 is 1.82. The summed E-state index contributed by atoms with van der Waals surface area (Å²) in [5, 5.41) is 11.8. The summed E-state index contributed by atoms with van der Waals surface area (Å²) in [5.41, 5.74) is 7.53. The highest BCUT2D eigenvalue weighted by Gasteiger charge is 2.10. The maximum Gasteiger partial charge on any atom is 0.184 e. The maximum atomic E-state index is 5.93. The van der Waals surface area contributed by atoms with Crippen molar-refractivity contribution < 1.29 is 0 Å². The van der Waals surface area contributed by atoms with Crippen LogP contribution in [0.4, 0.5) is 5.69 Å². The van der Waals surface area contributed by atoms with Gasteiger partial charge < -0.3 is 5.73 Å². The Morgan fingerprint density at radius 3 is 2.82 bits per heavy atom. The summed E-state index contributed by atoms with van der Waals surface area (Å²) in [5.74, 6) is 0.749. The van der Waals surface area contributed by atoms with Crippen molar-refractivity contribution in [1.29, 1.82) is 0 Å². The van der Waals surface area contributed by atoms with Gasteiger partial charge in [0.1, 0.15) is 0 Å². The number of benzene rings is 1. The van der Waals surface area contributed by atoms with Gasteiger partial charge in [0.15, 0.2) is 5.82 Å². The van der Waals surface area contributed by atoms with Crippen LogP contribution in [0.2, 0.25) is 0 Å². The number of hydrogen-bond donors (Lipinski definition) is 1. The molecule has 0 aliphatic rings. The number of rotatable bonds is 5. The molecule has 0 unspecified atom stereocenters. The molecule has 0 bridgehead atoms. The fourth-order valence-electron chi connectivity index (χ4n) is 1.76. The molecule has 0 saturated carbocycles. The first-order valence-corrected chi connectivity index (χ1v) is 5.94. The lowest BCUT2D eigenvalue weighted by atomic mass is 10.1. The van der Waals surface area contributed by atoms with Crippen LogP contribution in [0, 0.1) is 0 Å². The average Bonchev–Trinajstić information content (AvgIpc) is 2.78. The predicted octanol–water partition coefficient (Wildman–Crippen LogP) is 2.11. The fraction of sp³-hybridized carbons (Fsp3) is 0.417. The number of nitrogen functional groups attached to an aromatic ring is 1. The van der Waals surface area contributed by atoms with Crippen molar-refractivity contribution in [3.05, 3.63) is 24.3 Å². The molecule has 1 heterocycles. The third-order valence-electron chi connectivity index (χ3n) is 2.71. The zero-order chi connectivity index (χ0) is 12.1. The van der Waals surface area contributed by atoms with Gasteiger partial charge >= 0.3 is 0 Å². The molecule has 0 aliphatic heterocycles. The molecule has 1 aromatic heterocycles. The minimum absolute atomic E-state index is 0.707. The Kier molecular flexibility index (Phi) is 3.69. The Labute approximate surface area is 101 Å². The molecule has 0 radical (unpaired) electrons. The van der Waals surface area contributed by atoms with Gasteiger partial charge in [0.25, 0.3) is 0 Å². The van der Waals surface area contributed by atoms with Crippen molar-refractivity contribution in [3.8, 4) is 11.4 Å². The first-order valence-electron chi connectivity index (χ1n) is 5.94. The summed E-state index contributed by atoms with van der Waals surface area (Å²) in [6.45, 7) is 3.01. The van der Waals surface area contributed by atoms with Crippen molar-refractivity contribution >= 4 is 5.69 Å². The van der Waals surface area contributed by atoms with E-state index in [4.69, 9.17) is 5.73 Å². The predicted molar refractivity (Wildman–Crippen MR) is 67.2 cm³/mol. The minimum atomic E-state index is 0.707. The zero-order valence-electron chi connectivity index (χ0n) is 10.0. The largest absolute Gasteiger partial charge is 0.398 e. The molecule has 0 atom stereocenters. The topological polar surface area (TPSA) is 69.6 Å². The molecule has 5 heteroatoms. The molecule has 2 aromatic rings. The van der Waals surface area contributed by atoms with Gasteiger partial charge in [0, 0.05) is 17.8 Å². The van der Waals surface area contributed by atoms with Gasteiger partial charge in [-0.15, -0.1) is 5.10 Å². The number of tetrazole rings is 1. The summed E-state index contributed by atoms with van der Waals surface area (Å²) in [4.78, 5) is 0. The third-order valence-corrected chi connectivity index (χ3v) is 2.71. The molecule has 0 aliphatic carbocycles. The van der Waals surface area contributed by atoms with E-state index in [2.05, 4.69) is 22.4 Å². The van der Waals surface area contributed by atoms with E-state index in [1.807, 2.05) is 28.9 Å². The number of anilines is 1. The first kappa shape index (κ1) is 11.6. The summed E-state index contributed by atoms with van der Waals surface area (Å²) >= 11 is 0. The lowest BCUT2D eigenvalue weighted by Gasteiger charge is -2.06. The van der Waals surface area contributed by atoms with Gasteiger partial charge in [-0.25, -0.2) is 4.68 Å². The second-order valence-electron chi connectivity index (χ2n) is 4.02. The van der Waals surface area contributed by atoms with E-state index in [1.54, 1.807) is 0 Å². The summed E-state index contributed by atoms with van der Waals surface area (Å²) in [6.07, 6.45) is 3.45. The molecule has 2 rings (SSSR count). The molecule has 17 heavy (non-hydrogen) atoms. The Bertz CT molecular complexity index is 477. The highest BCUT2D eigenvalue weighted by molar-refractivity contribution is 5.70. The number of aryl methyl sites for hydroxylation is 1. The van der Waals surface area contributed by atoms with Crippen LogP contribution >= 0.6 is 0 Å². The van der Waals surface area contributed by atoms with Crippen molar-refractivity contribution in [1.82, 2.24) is 20.2 Å². The van der Waals surface area contributed by atoms with E-state index in [0.29, 0.717) is 5.69 Å². The lowest BCUT2D eigenvalue weighted by molar-refractivity contribution is 0.541. The second kappa shape index (κ2) is 5.43. The zero-order valence-corrected chi connectivity index (χ0v) is 10.0. The Morgan fingerprint density at radius 1 is 1.24 bits per heavy atom. The van der Waals surface area contributed by atoms with Gasteiger partial charge in [0.05, 0.1) is 0 Å². The van der Waals surface area contributed by atoms with Gasteiger partial charge in [-0.2, -0.15) is 0 Å². The van der Waals surface area contributed by atoms with Crippen LogP contribution in [0.1, 0.15) is 26.2 Å². The standard InChI is InChI=1S/C12H17N5/c1-2-3-6-9-17-12(14-15-16-17)10-7-4-5-8-11(10)13/h4-5,7-8H,2-3,6,9,13H2,1H3. The number of unbranched alkanes of at least 4 members (excludes halogenated alkanes) is 2. The second-order valence-corrected chi connectivity index (χ2v) is 4.02. The van der Waals surface area contributed by atoms with Gasteiger partial charge in [-0.05, 0) is 29.0 Å². The van der Waals surface area contributed by atoms with E-state index < -0.39 is 0 Å². The molecular weight excluding hydrogens is 214 g/mol. The number of nitrogens with zero attached hydrogens (tertiary/aromatic N) is 4. The van der Waals surface area contributed by atoms with E-state index in [9.17, 15) is 0 Å². The van der Waals surface area contributed by atoms with Crippen LogP contribution in [0.15, 0.2) is 24.3 Å². The van der Waals surface area contributed by atoms with E-state index >= 15 is 0 Å². The van der Waals surface area contributed by atoms with Crippen LogP contribution in [0.3, 0.4) is 0 Å². The van der Waals surface area contributed by atoms with E-state index in [1.165, 1.54) is 12.8 Å². The molecule has 0 saturated heterocycles. The van der Waals surface area contributed by atoms with Crippen LogP contribution in [-0.4, -0.2) is 20.2 Å². The van der Waals surface area contributed by atoms with Gasteiger partial charge in [-0.3, -0.25) is 0 Å². The molecule has 2 N–H and O–H groups in total. The quantitative estimate of drug-likeness (QED) is 0.632. The molecule has 0 fully saturated rings. The van der Waals surface area contributed by atoms with Crippen molar-refractivity contribution in [3.63, 3.8) is 0 Å². The number of para-hydroxylation sites is 1. The summed E-state index contributed by atoms with van der Waals surface area (Å²) in [7, 11) is 0. The fourth-order valence-corrected chi connectivity index (χ4v) is 1.76. The van der Waals surface area contributed by atoms with Crippen molar-refractivity contribution in [2.45, 2.75) is 32.7 Å². The maximum absolute atomic E-state index is 5.93. The van der Waals surface area contributed by atoms with Gasteiger partial charge in [0.2, 0.25) is 0 Å². The monoisotopic (exact) mass is 231 g/mol. The average molecular weight is 231 g/mol. The van der Waals surface area contributed by atoms with Gasteiger partial charge in [-0.1, -0.05) is 31.9 Å². The van der Waals surface area contributed by atoms with E-state index in [-0.39, 0.29) is 0 Å². The lowest BCUT2D eigenvalue weighted by Crippen LogP contribution is -2.04. The minimum Gasteiger partial charge on any atom is -0.398 e. The van der Waals surface area contributed by atoms with Crippen LogP contribution in [-0.2, 0) is 6.54 Å². The highest BCUT2D eigenvalue weighted by Crippen LogP contribution is 2.22. The molecule has 5 nitrogen and oxygen atoms in total. The Balaban J connectivity index is 2.22. The number of aromatic nitrogens is 4. The first-order chi connectivity index (χ1) is 8.33. The molecular formula is C12H17N5. The molecule has 0 amide bonds. The molecule has 90 valence electrons. The van der Waals surface area contributed by atoms with Crippen LogP contribution < -0.4 is 5.73 Å². The van der Waals surface area contributed by atoms with Crippen LogP contribution in [0.5, 0.6) is 0 Å². The van der Waals surface area contributed by atoms with Crippen molar-refractivity contribution in [2.75, 3.05) is 5.73 Å². The Hall–Kier alpha value is -1.91. The SMILES string of the molecule is CCCCCn1nnnc1-c1ccccc1N. The normalized spacial score (nSPS) is 10.6. The number of hydrogen-bond acceptors (Lipinski definition) is 4. The smallest absolute Gasteiger partial charge is 0.184 e.